The van der Waals surface area contributed by atoms with Gasteiger partial charge in [-0.3, -0.25) is 0 Å². The third-order valence-corrected chi connectivity index (χ3v) is 5.73. The fourth-order valence-electron chi connectivity index (χ4n) is 2.16. The van der Waals surface area contributed by atoms with Crippen LogP contribution in [-0.4, -0.2) is 37.5 Å². The molecule has 2 atom stereocenters. The molecule has 2 aromatic carbocycles. The van der Waals surface area contributed by atoms with Gasteiger partial charge >= 0.3 is 0 Å². The van der Waals surface area contributed by atoms with Gasteiger partial charge in [0.25, 0.3) is 0 Å². The van der Waals surface area contributed by atoms with Gasteiger partial charge in [0.1, 0.15) is 10.7 Å². The Morgan fingerprint density at radius 1 is 1.17 bits per heavy atom. The third kappa shape index (κ3) is 4.34. The van der Waals surface area contributed by atoms with E-state index < -0.39 is 39.5 Å². The molecule has 0 aliphatic rings. The van der Waals surface area contributed by atoms with Gasteiger partial charge in [0, 0.05) is 4.90 Å². The normalized spacial score (nSPS) is 14.3. The van der Waals surface area contributed by atoms with Crippen LogP contribution in [0, 0.1) is 5.82 Å². The number of halogens is 1. The minimum atomic E-state index is -4.22. The Morgan fingerprint density at radius 3 is 2.33 bits per heavy atom. The summed E-state index contributed by atoms with van der Waals surface area (Å²) in [4.78, 5) is 0.451. The first-order valence-corrected chi connectivity index (χ1v) is 9.79. The van der Waals surface area contributed by atoms with Crippen molar-refractivity contribution >= 4 is 21.8 Å². The molecule has 5 nitrogen and oxygen atoms in total. The summed E-state index contributed by atoms with van der Waals surface area (Å²) in [6.45, 7) is -0.640. The van der Waals surface area contributed by atoms with E-state index in [4.69, 9.17) is 0 Å². The maximum Gasteiger partial charge on any atom is 0.243 e. The van der Waals surface area contributed by atoms with Gasteiger partial charge < -0.3 is 10.2 Å². The highest BCUT2D eigenvalue weighted by molar-refractivity contribution is 7.98. The first kappa shape index (κ1) is 18.9. The van der Waals surface area contributed by atoms with E-state index in [1.807, 2.05) is 6.26 Å². The number of aliphatic hydroxyl groups excluding tert-OH is 2. The summed E-state index contributed by atoms with van der Waals surface area (Å²) >= 11 is 1.53. The smallest absolute Gasteiger partial charge is 0.243 e. The molecule has 0 saturated heterocycles. The van der Waals surface area contributed by atoms with E-state index in [0.29, 0.717) is 5.56 Å². The molecule has 24 heavy (non-hydrogen) atoms. The van der Waals surface area contributed by atoms with Crippen LogP contribution >= 0.6 is 11.8 Å². The van der Waals surface area contributed by atoms with Crippen molar-refractivity contribution in [2.24, 2.45) is 0 Å². The van der Waals surface area contributed by atoms with E-state index in [9.17, 15) is 23.0 Å². The maximum atomic E-state index is 13.7. The van der Waals surface area contributed by atoms with E-state index in [-0.39, 0.29) is 0 Å². The molecule has 0 aliphatic heterocycles. The quantitative estimate of drug-likeness (QED) is 0.648. The van der Waals surface area contributed by atoms with Crippen molar-refractivity contribution in [1.82, 2.24) is 4.72 Å². The molecule has 0 radical (unpaired) electrons. The molecule has 130 valence electrons. The summed E-state index contributed by atoms with van der Waals surface area (Å²) in [6, 6.07) is 10.6. The number of hydrogen-bond acceptors (Lipinski definition) is 5. The lowest BCUT2D eigenvalue weighted by Crippen LogP contribution is -2.42. The van der Waals surface area contributed by atoms with Gasteiger partial charge in [-0.25, -0.2) is 17.5 Å². The van der Waals surface area contributed by atoms with Gasteiger partial charge in [0.2, 0.25) is 10.0 Å². The maximum absolute atomic E-state index is 13.7. The molecule has 0 aromatic heterocycles. The van der Waals surface area contributed by atoms with Crippen LogP contribution in [0.15, 0.2) is 58.3 Å². The highest BCUT2D eigenvalue weighted by Gasteiger charge is 2.28. The minimum Gasteiger partial charge on any atom is -0.395 e. The van der Waals surface area contributed by atoms with Gasteiger partial charge in [0.05, 0.1) is 18.8 Å². The fraction of sp³-hybridized carbons (Fsp3) is 0.250. The Morgan fingerprint density at radius 2 is 1.79 bits per heavy atom. The first-order chi connectivity index (χ1) is 11.4. The van der Waals surface area contributed by atoms with Crippen molar-refractivity contribution in [2.75, 3.05) is 12.9 Å². The van der Waals surface area contributed by atoms with Crippen molar-refractivity contribution in [3.63, 3.8) is 0 Å². The van der Waals surface area contributed by atoms with Gasteiger partial charge in [-0.05, 0) is 36.1 Å². The summed E-state index contributed by atoms with van der Waals surface area (Å²) in [5.74, 6) is -0.902. The Hall–Kier alpha value is -1.45. The van der Waals surface area contributed by atoms with Gasteiger partial charge in [0.15, 0.2) is 0 Å². The summed E-state index contributed by atoms with van der Waals surface area (Å²) < 4.78 is 40.4. The predicted molar refractivity (Wildman–Crippen MR) is 90.8 cm³/mol. The molecule has 0 heterocycles. The minimum absolute atomic E-state index is 0.447. The van der Waals surface area contributed by atoms with Crippen molar-refractivity contribution in [3.05, 3.63) is 59.9 Å². The summed E-state index contributed by atoms with van der Waals surface area (Å²) in [5, 5.41) is 19.8. The van der Waals surface area contributed by atoms with Crippen LogP contribution in [0.4, 0.5) is 4.39 Å². The number of nitrogens with one attached hydrogen (secondary N) is 1. The molecule has 8 heteroatoms. The van der Waals surface area contributed by atoms with E-state index in [1.54, 1.807) is 24.3 Å². The Balaban J connectivity index is 2.23. The lowest BCUT2D eigenvalue weighted by molar-refractivity contribution is 0.101. The zero-order chi connectivity index (χ0) is 17.7. The summed E-state index contributed by atoms with van der Waals surface area (Å²) in [6.07, 6.45) is 0.636. The Kier molecular flexibility index (Phi) is 6.36. The molecule has 2 rings (SSSR count). The Bertz CT molecular complexity index is 781. The average Bonchev–Trinajstić information content (AvgIpc) is 2.59. The van der Waals surface area contributed by atoms with Crippen LogP contribution in [0.25, 0.3) is 0 Å². The number of sulfonamides is 1. The largest absolute Gasteiger partial charge is 0.395 e. The van der Waals surface area contributed by atoms with Crippen molar-refractivity contribution < 1.29 is 23.0 Å². The van der Waals surface area contributed by atoms with Gasteiger partial charge in [-0.15, -0.1) is 11.8 Å². The van der Waals surface area contributed by atoms with E-state index in [0.717, 1.165) is 17.0 Å². The van der Waals surface area contributed by atoms with Crippen LogP contribution in [0.1, 0.15) is 11.7 Å². The lowest BCUT2D eigenvalue weighted by Gasteiger charge is -2.22. The monoisotopic (exact) mass is 371 g/mol. The second-order valence-corrected chi connectivity index (χ2v) is 7.62. The fourth-order valence-corrected chi connectivity index (χ4v) is 3.88. The summed E-state index contributed by atoms with van der Waals surface area (Å²) in [7, 11) is -4.22. The predicted octanol–water partition coefficient (Wildman–Crippen LogP) is 1.92. The highest BCUT2D eigenvalue weighted by Crippen LogP contribution is 2.23. The second-order valence-electron chi connectivity index (χ2n) is 5.06. The topological polar surface area (TPSA) is 86.6 Å². The zero-order valence-electron chi connectivity index (χ0n) is 12.9. The molecule has 0 saturated carbocycles. The van der Waals surface area contributed by atoms with Crippen molar-refractivity contribution in [3.8, 4) is 0 Å². The van der Waals surface area contributed by atoms with Crippen LogP contribution in [0.3, 0.4) is 0 Å². The van der Waals surface area contributed by atoms with E-state index in [1.165, 1.54) is 23.9 Å². The van der Waals surface area contributed by atoms with Crippen LogP contribution in [-0.2, 0) is 10.0 Å². The number of thioether (sulfide) groups is 1. The molecule has 0 aliphatic carbocycles. The lowest BCUT2D eigenvalue weighted by atomic mass is 10.0. The molecule has 2 aromatic rings. The molecule has 0 fully saturated rings. The number of benzene rings is 2. The van der Waals surface area contributed by atoms with Crippen molar-refractivity contribution in [1.29, 1.82) is 0 Å². The molecular weight excluding hydrogens is 353 g/mol. The molecule has 3 N–H and O–H groups in total. The SMILES string of the molecule is CSc1ccc(C(O)C(CO)NS(=O)(=O)c2ccccc2F)cc1. The Labute approximate surface area is 144 Å². The molecular formula is C16H18FNO4S2. The molecule has 0 amide bonds. The van der Waals surface area contributed by atoms with E-state index in [2.05, 4.69) is 4.72 Å². The average molecular weight is 371 g/mol. The second kappa shape index (κ2) is 8.09. The number of aliphatic hydroxyl groups is 2. The number of rotatable bonds is 7. The number of hydrogen-bond donors (Lipinski definition) is 3. The van der Waals surface area contributed by atoms with E-state index >= 15 is 0 Å². The van der Waals surface area contributed by atoms with Crippen LogP contribution < -0.4 is 4.72 Å². The van der Waals surface area contributed by atoms with Gasteiger partial charge in [-0.2, -0.15) is 0 Å². The van der Waals surface area contributed by atoms with Crippen molar-refractivity contribution in [2.45, 2.75) is 21.9 Å². The van der Waals surface area contributed by atoms with Gasteiger partial charge in [-0.1, -0.05) is 24.3 Å². The molecule has 0 spiro atoms. The molecule has 0 bridgehead atoms. The zero-order valence-corrected chi connectivity index (χ0v) is 14.5. The van der Waals surface area contributed by atoms with Crippen LogP contribution in [0.5, 0.6) is 0 Å². The highest BCUT2D eigenvalue weighted by atomic mass is 32.2. The van der Waals surface area contributed by atoms with Crippen LogP contribution in [0.2, 0.25) is 0 Å². The first-order valence-electron chi connectivity index (χ1n) is 7.09. The standard InChI is InChI=1S/C16H18FNO4S2/c1-23-12-8-6-11(7-9-12)16(20)14(10-19)18-24(21,22)15-5-3-2-4-13(15)17/h2-9,14,16,18-20H,10H2,1H3. The molecule has 2 unspecified atom stereocenters. The summed E-state index contributed by atoms with van der Waals surface area (Å²) in [5.41, 5.74) is 0.447. The third-order valence-electron chi connectivity index (χ3n) is 3.47.